The Morgan fingerprint density at radius 1 is 1.22 bits per heavy atom. The lowest BCUT2D eigenvalue weighted by Crippen LogP contribution is -2.42. The van der Waals surface area contributed by atoms with Gasteiger partial charge in [-0.3, -0.25) is 4.79 Å². The SMILES string of the molecule is O=C(C[C@@H]1CCCOC1)N1CCC(Oc2ccc(Cl)cc2)CC1. The van der Waals surface area contributed by atoms with E-state index >= 15 is 0 Å². The first kappa shape index (κ1) is 16.6. The van der Waals surface area contributed by atoms with Crippen molar-refractivity contribution in [2.75, 3.05) is 26.3 Å². The van der Waals surface area contributed by atoms with E-state index < -0.39 is 0 Å². The van der Waals surface area contributed by atoms with Gasteiger partial charge in [-0.25, -0.2) is 0 Å². The van der Waals surface area contributed by atoms with Crippen LogP contribution in [-0.4, -0.2) is 43.2 Å². The second-order valence-electron chi connectivity index (χ2n) is 6.44. The number of rotatable bonds is 4. The molecular weight excluding hydrogens is 314 g/mol. The van der Waals surface area contributed by atoms with Crippen molar-refractivity contribution < 1.29 is 14.3 Å². The lowest BCUT2D eigenvalue weighted by atomic mass is 9.97. The first-order valence-corrected chi connectivity index (χ1v) is 8.86. The molecule has 1 atom stereocenters. The van der Waals surface area contributed by atoms with Crippen LogP contribution in [0.2, 0.25) is 5.02 Å². The fourth-order valence-electron chi connectivity index (χ4n) is 3.27. The number of amides is 1. The maximum Gasteiger partial charge on any atom is 0.222 e. The molecule has 1 aromatic carbocycles. The third-order valence-electron chi connectivity index (χ3n) is 4.63. The van der Waals surface area contributed by atoms with Crippen LogP contribution in [0.5, 0.6) is 5.75 Å². The van der Waals surface area contributed by atoms with E-state index in [1.54, 1.807) is 0 Å². The van der Waals surface area contributed by atoms with E-state index in [0.29, 0.717) is 17.4 Å². The molecule has 2 saturated heterocycles. The van der Waals surface area contributed by atoms with E-state index in [0.717, 1.165) is 57.7 Å². The standard InChI is InChI=1S/C18H24ClNO3/c19-15-3-5-16(6-4-15)23-17-7-9-20(10-8-17)18(21)12-14-2-1-11-22-13-14/h3-6,14,17H,1-2,7-13H2/t14-/m0/s1. The van der Waals surface area contributed by atoms with Crippen LogP contribution in [0, 0.1) is 5.92 Å². The Morgan fingerprint density at radius 2 is 1.96 bits per heavy atom. The van der Waals surface area contributed by atoms with E-state index in [2.05, 4.69) is 0 Å². The zero-order chi connectivity index (χ0) is 16.1. The fraction of sp³-hybridized carbons (Fsp3) is 0.611. The highest BCUT2D eigenvalue weighted by molar-refractivity contribution is 6.30. The van der Waals surface area contributed by atoms with E-state index in [1.807, 2.05) is 29.2 Å². The lowest BCUT2D eigenvalue weighted by Gasteiger charge is -2.33. The summed E-state index contributed by atoms with van der Waals surface area (Å²) in [6.45, 7) is 3.15. The van der Waals surface area contributed by atoms with Crippen LogP contribution in [0.15, 0.2) is 24.3 Å². The van der Waals surface area contributed by atoms with Crippen LogP contribution in [0.4, 0.5) is 0 Å². The van der Waals surface area contributed by atoms with Crippen molar-refractivity contribution in [3.8, 4) is 5.75 Å². The highest BCUT2D eigenvalue weighted by atomic mass is 35.5. The second-order valence-corrected chi connectivity index (χ2v) is 6.88. The summed E-state index contributed by atoms with van der Waals surface area (Å²) < 4.78 is 11.4. The van der Waals surface area contributed by atoms with Crippen molar-refractivity contribution in [3.05, 3.63) is 29.3 Å². The van der Waals surface area contributed by atoms with Crippen LogP contribution in [0.3, 0.4) is 0 Å². The molecule has 0 aliphatic carbocycles. The first-order chi connectivity index (χ1) is 11.2. The predicted octanol–water partition coefficient (Wildman–Crippen LogP) is 3.53. The molecule has 0 aromatic heterocycles. The van der Waals surface area contributed by atoms with Gasteiger partial charge in [0.1, 0.15) is 11.9 Å². The van der Waals surface area contributed by atoms with Gasteiger partial charge in [0.15, 0.2) is 0 Å². The first-order valence-electron chi connectivity index (χ1n) is 8.48. The van der Waals surface area contributed by atoms with Crippen molar-refractivity contribution in [3.63, 3.8) is 0 Å². The third-order valence-corrected chi connectivity index (χ3v) is 4.88. The molecule has 0 N–H and O–H groups in total. The Morgan fingerprint density at radius 3 is 2.61 bits per heavy atom. The molecule has 4 nitrogen and oxygen atoms in total. The van der Waals surface area contributed by atoms with Gasteiger partial charge >= 0.3 is 0 Å². The molecule has 5 heteroatoms. The summed E-state index contributed by atoms with van der Waals surface area (Å²) in [7, 11) is 0. The summed E-state index contributed by atoms with van der Waals surface area (Å²) >= 11 is 5.88. The van der Waals surface area contributed by atoms with Crippen LogP contribution in [0.1, 0.15) is 32.1 Å². The minimum atomic E-state index is 0.179. The lowest BCUT2D eigenvalue weighted by molar-refractivity contribution is -0.135. The average Bonchev–Trinajstić information content (AvgIpc) is 2.58. The molecule has 0 unspecified atom stereocenters. The Hall–Kier alpha value is -1.26. The molecule has 0 spiro atoms. The number of likely N-dealkylation sites (tertiary alicyclic amines) is 1. The molecule has 2 fully saturated rings. The van der Waals surface area contributed by atoms with E-state index in [-0.39, 0.29) is 12.0 Å². The van der Waals surface area contributed by atoms with Gasteiger partial charge in [-0.15, -0.1) is 0 Å². The fourth-order valence-corrected chi connectivity index (χ4v) is 3.40. The quantitative estimate of drug-likeness (QED) is 0.843. The monoisotopic (exact) mass is 337 g/mol. The summed E-state index contributed by atoms with van der Waals surface area (Å²) in [4.78, 5) is 14.4. The van der Waals surface area contributed by atoms with Crippen LogP contribution < -0.4 is 4.74 Å². The van der Waals surface area contributed by atoms with Gasteiger partial charge < -0.3 is 14.4 Å². The molecule has 126 valence electrons. The Balaban J connectivity index is 1.42. The largest absolute Gasteiger partial charge is 0.490 e. The Labute approximate surface area is 142 Å². The highest BCUT2D eigenvalue weighted by Gasteiger charge is 2.26. The summed E-state index contributed by atoms with van der Waals surface area (Å²) in [6, 6.07) is 7.45. The van der Waals surface area contributed by atoms with Crippen molar-refractivity contribution in [1.29, 1.82) is 0 Å². The highest BCUT2D eigenvalue weighted by Crippen LogP contribution is 2.23. The maximum atomic E-state index is 12.4. The molecule has 0 radical (unpaired) electrons. The molecule has 2 heterocycles. The molecule has 2 aliphatic rings. The Kier molecular flexibility index (Phi) is 5.79. The number of carbonyl (C=O) groups excluding carboxylic acids is 1. The molecule has 0 saturated carbocycles. The minimum absolute atomic E-state index is 0.179. The number of hydrogen-bond donors (Lipinski definition) is 0. The molecule has 23 heavy (non-hydrogen) atoms. The maximum absolute atomic E-state index is 12.4. The molecule has 3 rings (SSSR count). The number of piperidine rings is 1. The molecule has 1 aromatic rings. The van der Waals surface area contributed by atoms with Gasteiger partial charge in [0.2, 0.25) is 5.91 Å². The van der Waals surface area contributed by atoms with E-state index in [9.17, 15) is 4.79 Å². The summed E-state index contributed by atoms with van der Waals surface area (Å²) in [5, 5.41) is 0.712. The Bertz CT molecular complexity index is 506. The van der Waals surface area contributed by atoms with E-state index in [4.69, 9.17) is 21.1 Å². The number of nitrogens with zero attached hydrogens (tertiary/aromatic N) is 1. The summed E-state index contributed by atoms with van der Waals surface area (Å²) in [5.41, 5.74) is 0. The average molecular weight is 338 g/mol. The van der Waals surface area contributed by atoms with Crippen molar-refractivity contribution in [2.45, 2.75) is 38.2 Å². The second kappa shape index (κ2) is 8.02. The van der Waals surface area contributed by atoms with Crippen LogP contribution >= 0.6 is 11.6 Å². The summed E-state index contributed by atoms with van der Waals surface area (Å²) in [6.07, 6.45) is 4.77. The van der Waals surface area contributed by atoms with Gasteiger partial charge in [-0.2, -0.15) is 0 Å². The van der Waals surface area contributed by atoms with Crippen molar-refractivity contribution in [1.82, 2.24) is 4.90 Å². The zero-order valence-corrected chi connectivity index (χ0v) is 14.1. The van der Waals surface area contributed by atoms with Gasteiger partial charge in [0.05, 0.1) is 0 Å². The normalized spacial score (nSPS) is 22.8. The molecular formula is C18H24ClNO3. The van der Waals surface area contributed by atoms with E-state index in [1.165, 1.54) is 0 Å². The molecule has 2 aliphatic heterocycles. The number of ether oxygens (including phenoxy) is 2. The van der Waals surface area contributed by atoms with Crippen molar-refractivity contribution >= 4 is 17.5 Å². The smallest absolute Gasteiger partial charge is 0.222 e. The number of benzene rings is 1. The molecule has 1 amide bonds. The number of hydrogen-bond acceptors (Lipinski definition) is 3. The third kappa shape index (κ3) is 4.85. The van der Waals surface area contributed by atoms with Gasteiger partial charge in [0.25, 0.3) is 0 Å². The summed E-state index contributed by atoms with van der Waals surface area (Å²) in [5.74, 6) is 1.52. The molecule has 0 bridgehead atoms. The van der Waals surface area contributed by atoms with Crippen molar-refractivity contribution in [2.24, 2.45) is 5.92 Å². The number of halogens is 1. The van der Waals surface area contributed by atoms with Gasteiger partial charge in [-0.05, 0) is 43.0 Å². The zero-order valence-electron chi connectivity index (χ0n) is 13.4. The predicted molar refractivity (Wildman–Crippen MR) is 89.8 cm³/mol. The minimum Gasteiger partial charge on any atom is -0.490 e. The van der Waals surface area contributed by atoms with Gasteiger partial charge in [0, 0.05) is 50.6 Å². The topological polar surface area (TPSA) is 38.8 Å². The van der Waals surface area contributed by atoms with Gasteiger partial charge in [-0.1, -0.05) is 11.6 Å². The number of carbonyl (C=O) groups is 1. The van der Waals surface area contributed by atoms with Crippen LogP contribution in [0.25, 0.3) is 0 Å². The van der Waals surface area contributed by atoms with Crippen LogP contribution in [-0.2, 0) is 9.53 Å².